The fourth-order valence-electron chi connectivity index (χ4n) is 1.85. The van der Waals surface area contributed by atoms with Crippen LogP contribution in [0.4, 0.5) is 0 Å². The Labute approximate surface area is 136 Å². The van der Waals surface area contributed by atoms with Gasteiger partial charge in [-0.25, -0.2) is 9.67 Å². The average molecular weight is 333 g/mol. The molecule has 6 nitrogen and oxygen atoms in total. The van der Waals surface area contributed by atoms with Crippen LogP contribution in [0.15, 0.2) is 34.8 Å². The Hall–Kier alpha value is -1.93. The molecule has 3 aromatic rings. The first-order chi connectivity index (χ1) is 10.8. The van der Waals surface area contributed by atoms with Crippen LogP contribution in [0.5, 0.6) is 5.75 Å². The zero-order valence-electron chi connectivity index (χ0n) is 12.3. The quantitative estimate of drug-likeness (QED) is 0.646. The summed E-state index contributed by atoms with van der Waals surface area (Å²) in [6.07, 6.45) is 0. The lowest BCUT2D eigenvalue weighted by Crippen LogP contribution is -1.93. The van der Waals surface area contributed by atoms with Crippen molar-refractivity contribution in [1.29, 1.82) is 0 Å². The second-order valence-electron chi connectivity index (χ2n) is 4.48. The van der Waals surface area contributed by atoms with Crippen LogP contribution in [-0.4, -0.2) is 31.8 Å². The van der Waals surface area contributed by atoms with Crippen molar-refractivity contribution in [3.05, 3.63) is 35.3 Å². The smallest absolute Gasteiger partial charge is 0.209 e. The second kappa shape index (κ2) is 6.89. The first-order valence-electron chi connectivity index (χ1n) is 6.79. The molecule has 0 amide bonds. The van der Waals surface area contributed by atoms with Crippen LogP contribution in [-0.2, 0) is 12.8 Å². The van der Waals surface area contributed by atoms with Gasteiger partial charge in [0, 0.05) is 23.7 Å². The predicted molar refractivity (Wildman–Crippen MR) is 87.1 cm³/mol. The molecule has 0 aliphatic rings. The van der Waals surface area contributed by atoms with E-state index in [4.69, 9.17) is 4.74 Å². The van der Waals surface area contributed by atoms with Crippen LogP contribution in [0, 0.1) is 0 Å². The van der Waals surface area contributed by atoms with Crippen molar-refractivity contribution in [2.24, 2.45) is 7.05 Å². The van der Waals surface area contributed by atoms with Gasteiger partial charge in [0.05, 0.1) is 12.3 Å². The summed E-state index contributed by atoms with van der Waals surface area (Å²) < 4.78 is 7.11. The van der Waals surface area contributed by atoms with E-state index >= 15 is 0 Å². The lowest BCUT2D eigenvalue weighted by Gasteiger charge is -2.02. The van der Waals surface area contributed by atoms with Gasteiger partial charge in [-0.15, -0.1) is 16.4 Å². The van der Waals surface area contributed by atoms with Gasteiger partial charge in [0.15, 0.2) is 0 Å². The van der Waals surface area contributed by atoms with Crippen LogP contribution >= 0.6 is 23.1 Å². The topological polar surface area (TPSA) is 65.7 Å². The summed E-state index contributed by atoms with van der Waals surface area (Å²) in [5.74, 6) is 1.63. The molecule has 0 aliphatic carbocycles. The number of aromatic nitrogens is 5. The molecule has 0 spiro atoms. The first kappa shape index (κ1) is 15.0. The summed E-state index contributed by atoms with van der Waals surface area (Å²) >= 11 is 3.21. The van der Waals surface area contributed by atoms with Gasteiger partial charge in [-0.05, 0) is 41.6 Å². The van der Waals surface area contributed by atoms with E-state index in [0.29, 0.717) is 6.61 Å². The monoisotopic (exact) mass is 333 g/mol. The van der Waals surface area contributed by atoms with E-state index < -0.39 is 0 Å². The van der Waals surface area contributed by atoms with E-state index in [9.17, 15) is 0 Å². The van der Waals surface area contributed by atoms with Crippen molar-refractivity contribution < 1.29 is 4.74 Å². The number of thiazole rings is 1. The van der Waals surface area contributed by atoms with Gasteiger partial charge in [0.2, 0.25) is 5.16 Å². The molecule has 0 bridgehead atoms. The van der Waals surface area contributed by atoms with E-state index in [-0.39, 0.29) is 0 Å². The maximum absolute atomic E-state index is 5.45. The van der Waals surface area contributed by atoms with Crippen molar-refractivity contribution in [2.75, 3.05) is 6.61 Å². The summed E-state index contributed by atoms with van der Waals surface area (Å²) in [6.45, 7) is 2.65. The molecule has 22 heavy (non-hydrogen) atoms. The molecule has 1 aromatic carbocycles. The van der Waals surface area contributed by atoms with E-state index in [0.717, 1.165) is 32.9 Å². The van der Waals surface area contributed by atoms with Crippen LogP contribution in [0.25, 0.3) is 10.6 Å². The molecule has 0 fully saturated rings. The minimum atomic E-state index is 0.675. The van der Waals surface area contributed by atoms with Gasteiger partial charge in [-0.2, -0.15) is 0 Å². The Kier molecular flexibility index (Phi) is 4.69. The Morgan fingerprint density at radius 3 is 2.77 bits per heavy atom. The van der Waals surface area contributed by atoms with Gasteiger partial charge in [-0.3, -0.25) is 0 Å². The number of thioether (sulfide) groups is 1. The number of rotatable bonds is 6. The number of benzene rings is 1. The number of hydrogen-bond donors (Lipinski definition) is 0. The number of hydrogen-bond acceptors (Lipinski definition) is 7. The summed E-state index contributed by atoms with van der Waals surface area (Å²) in [7, 11) is 1.83. The van der Waals surface area contributed by atoms with Gasteiger partial charge in [-0.1, -0.05) is 11.8 Å². The molecule has 114 valence electrons. The van der Waals surface area contributed by atoms with E-state index in [2.05, 4.69) is 25.9 Å². The molecule has 3 rings (SSSR count). The molecule has 0 N–H and O–H groups in total. The highest BCUT2D eigenvalue weighted by atomic mass is 32.2. The molecule has 0 saturated heterocycles. The van der Waals surface area contributed by atoms with Gasteiger partial charge in [0.1, 0.15) is 10.8 Å². The zero-order chi connectivity index (χ0) is 15.4. The molecule has 0 atom stereocenters. The summed E-state index contributed by atoms with van der Waals surface area (Å²) in [6, 6.07) is 8.01. The number of ether oxygens (including phenoxy) is 1. The van der Waals surface area contributed by atoms with Crippen molar-refractivity contribution in [1.82, 2.24) is 25.2 Å². The minimum Gasteiger partial charge on any atom is -0.494 e. The maximum Gasteiger partial charge on any atom is 0.209 e. The summed E-state index contributed by atoms with van der Waals surface area (Å²) in [4.78, 5) is 4.66. The molecule has 0 radical (unpaired) electrons. The lowest BCUT2D eigenvalue weighted by atomic mass is 10.2. The largest absolute Gasteiger partial charge is 0.494 e. The second-order valence-corrected chi connectivity index (χ2v) is 6.28. The van der Waals surface area contributed by atoms with Crippen molar-refractivity contribution in [3.8, 4) is 16.3 Å². The highest BCUT2D eigenvalue weighted by Gasteiger charge is 2.08. The minimum absolute atomic E-state index is 0.675. The first-order valence-corrected chi connectivity index (χ1v) is 8.65. The Balaban J connectivity index is 1.66. The van der Waals surface area contributed by atoms with E-state index in [1.54, 1.807) is 27.8 Å². The van der Waals surface area contributed by atoms with Gasteiger partial charge in [0.25, 0.3) is 0 Å². The van der Waals surface area contributed by atoms with Crippen LogP contribution in [0.1, 0.15) is 12.6 Å². The Morgan fingerprint density at radius 2 is 2.09 bits per heavy atom. The number of nitrogens with zero attached hydrogens (tertiary/aromatic N) is 5. The molecular weight excluding hydrogens is 318 g/mol. The van der Waals surface area contributed by atoms with Gasteiger partial charge < -0.3 is 4.74 Å². The maximum atomic E-state index is 5.45. The molecule has 8 heteroatoms. The third-order valence-electron chi connectivity index (χ3n) is 2.89. The van der Waals surface area contributed by atoms with Crippen molar-refractivity contribution in [2.45, 2.75) is 17.8 Å². The standard InChI is InChI=1S/C14H15N5OS2/c1-3-20-12-6-4-10(5-7-12)13-15-11(8-21-13)9-22-14-16-17-18-19(14)2/h4-8H,3,9H2,1-2H3. The Morgan fingerprint density at radius 1 is 1.27 bits per heavy atom. The number of tetrazole rings is 1. The average Bonchev–Trinajstić information content (AvgIpc) is 3.15. The highest BCUT2D eigenvalue weighted by Crippen LogP contribution is 2.28. The van der Waals surface area contributed by atoms with E-state index in [1.807, 2.05) is 38.2 Å². The third kappa shape index (κ3) is 3.45. The Bertz CT molecular complexity index is 738. The SMILES string of the molecule is CCOc1ccc(-c2nc(CSc3nnnn3C)cs2)cc1. The molecule has 0 aliphatic heterocycles. The van der Waals surface area contributed by atoms with Crippen molar-refractivity contribution >= 4 is 23.1 Å². The molecular formula is C14H15N5OS2. The van der Waals surface area contributed by atoms with Gasteiger partial charge >= 0.3 is 0 Å². The van der Waals surface area contributed by atoms with Crippen LogP contribution in [0.3, 0.4) is 0 Å². The fourth-order valence-corrected chi connectivity index (χ4v) is 3.52. The molecule has 2 aromatic heterocycles. The summed E-state index contributed by atoms with van der Waals surface area (Å²) in [5.41, 5.74) is 2.13. The summed E-state index contributed by atoms with van der Waals surface area (Å²) in [5, 5.41) is 15.3. The molecule has 0 saturated carbocycles. The fraction of sp³-hybridized carbons (Fsp3) is 0.286. The van der Waals surface area contributed by atoms with E-state index in [1.165, 1.54) is 0 Å². The molecule has 2 heterocycles. The number of aryl methyl sites for hydroxylation is 1. The zero-order valence-corrected chi connectivity index (χ0v) is 13.9. The predicted octanol–water partition coefficient (Wildman–Crippen LogP) is 3.02. The highest BCUT2D eigenvalue weighted by molar-refractivity contribution is 7.98. The van der Waals surface area contributed by atoms with Crippen molar-refractivity contribution in [3.63, 3.8) is 0 Å². The third-order valence-corrected chi connectivity index (χ3v) is 4.88. The lowest BCUT2D eigenvalue weighted by molar-refractivity contribution is 0.340. The van der Waals surface area contributed by atoms with Crippen LogP contribution in [0.2, 0.25) is 0 Å². The molecule has 0 unspecified atom stereocenters. The normalized spacial score (nSPS) is 10.8. The van der Waals surface area contributed by atoms with Crippen LogP contribution < -0.4 is 4.74 Å².